The molecule has 0 spiro atoms. The predicted octanol–water partition coefficient (Wildman–Crippen LogP) is 1.90. The molecule has 1 rings (SSSR count). The second kappa shape index (κ2) is 4.34. The van der Waals surface area contributed by atoms with Crippen LogP contribution in [0.1, 0.15) is 0 Å². The number of thiocarbonyl (C=S) groups is 1. The topological polar surface area (TPSA) is 47.3 Å². The number of nitrogen functional groups attached to an aromatic ring is 1. The number of benzene rings is 1. The van der Waals surface area contributed by atoms with Gasteiger partial charge in [0.1, 0.15) is 10.1 Å². The lowest BCUT2D eigenvalue weighted by molar-refractivity contribution is 0.415. The van der Waals surface area contributed by atoms with E-state index in [4.69, 9.17) is 22.7 Å². The van der Waals surface area contributed by atoms with E-state index in [-0.39, 0.29) is 0 Å². The highest BCUT2D eigenvalue weighted by atomic mass is 32.1. The van der Waals surface area contributed by atoms with E-state index >= 15 is 0 Å². The molecular weight excluding hydrogens is 204 g/mol. The summed E-state index contributed by atoms with van der Waals surface area (Å²) in [5.41, 5.74) is 7.03. The van der Waals surface area contributed by atoms with Crippen molar-refractivity contribution < 1.29 is 4.74 Å². The van der Waals surface area contributed by atoms with E-state index in [1.807, 2.05) is 0 Å². The van der Waals surface area contributed by atoms with Crippen LogP contribution in [0.15, 0.2) is 18.2 Å². The molecule has 0 fully saturated rings. The van der Waals surface area contributed by atoms with Crippen LogP contribution in [0.3, 0.4) is 0 Å². The predicted molar refractivity (Wildman–Crippen MR) is 62.6 cm³/mol. The van der Waals surface area contributed by atoms with Crippen LogP contribution in [-0.4, -0.2) is 11.4 Å². The number of methoxy groups -OCH3 is 1. The third kappa shape index (κ3) is 2.78. The SMILES string of the molecule is COc1ccc(NC(=S)S)c(N)c1. The Labute approximate surface area is 87.7 Å². The molecule has 0 amide bonds. The summed E-state index contributed by atoms with van der Waals surface area (Å²) in [6.07, 6.45) is 0. The van der Waals surface area contributed by atoms with Crippen LogP contribution in [0.2, 0.25) is 0 Å². The molecular formula is C8H10N2OS2. The van der Waals surface area contributed by atoms with Gasteiger partial charge in [-0.25, -0.2) is 0 Å². The van der Waals surface area contributed by atoms with Gasteiger partial charge < -0.3 is 15.8 Å². The van der Waals surface area contributed by atoms with Gasteiger partial charge >= 0.3 is 0 Å². The monoisotopic (exact) mass is 214 g/mol. The zero-order valence-corrected chi connectivity index (χ0v) is 8.78. The molecule has 3 nitrogen and oxygen atoms in total. The van der Waals surface area contributed by atoms with Crippen molar-refractivity contribution in [3.63, 3.8) is 0 Å². The van der Waals surface area contributed by atoms with Crippen LogP contribution in [0.25, 0.3) is 0 Å². The number of hydrogen-bond acceptors (Lipinski definition) is 3. The molecule has 3 N–H and O–H groups in total. The molecule has 1 aromatic carbocycles. The summed E-state index contributed by atoms with van der Waals surface area (Å²) >= 11 is 8.70. The van der Waals surface area contributed by atoms with Crippen LogP contribution >= 0.6 is 24.8 Å². The summed E-state index contributed by atoms with van der Waals surface area (Å²) in [6.45, 7) is 0. The van der Waals surface area contributed by atoms with Gasteiger partial charge in [-0.3, -0.25) is 0 Å². The van der Waals surface area contributed by atoms with Gasteiger partial charge in [0.05, 0.1) is 18.5 Å². The quantitative estimate of drug-likeness (QED) is 0.400. The molecule has 0 aliphatic carbocycles. The van der Waals surface area contributed by atoms with Crippen molar-refractivity contribution in [1.82, 2.24) is 0 Å². The van der Waals surface area contributed by atoms with Gasteiger partial charge in [0.15, 0.2) is 0 Å². The lowest BCUT2D eigenvalue weighted by Gasteiger charge is -2.08. The van der Waals surface area contributed by atoms with Gasteiger partial charge in [0.25, 0.3) is 0 Å². The maximum atomic E-state index is 5.71. The molecule has 0 atom stereocenters. The van der Waals surface area contributed by atoms with Crippen molar-refractivity contribution >= 4 is 40.5 Å². The van der Waals surface area contributed by atoms with Gasteiger partial charge in [0, 0.05) is 6.07 Å². The largest absolute Gasteiger partial charge is 0.497 e. The Hall–Kier alpha value is -0.940. The van der Waals surface area contributed by atoms with E-state index in [1.165, 1.54) is 0 Å². The summed E-state index contributed by atoms with van der Waals surface area (Å²) in [6, 6.07) is 5.30. The number of ether oxygens (including phenoxy) is 1. The lowest BCUT2D eigenvalue weighted by atomic mass is 10.2. The fourth-order valence-electron chi connectivity index (χ4n) is 0.897. The average molecular weight is 214 g/mol. The number of thiol groups is 1. The smallest absolute Gasteiger partial charge is 0.135 e. The normalized spacial score (nSPS) is 9.38. The van der Waals surface area contributed by atoms with E-state index in [0.717, 1.165) is 5.69 Å². The fourth-order valence-corrected chi connectivity index (χ4v) is 1.13. The molecule has 0 aliphatic heterocycles. The molecule has 0 bridgehead atoms. The minimum Gasteiger partial charge on any atom is -0.497 e. The molecule has 0 aromatic heterocycles. The Morgan fingerprint density at radius 2 is 2.31 bits per heavy atom. The first-order chi connectivity index (χ1) is 6.13. The average Bonchev–Trinajstić information content (AvgIpc) is 2.08. The van der Waals surface area contributed by atoms with Gasteiger partial charge in [-0.1, -0.05) is 12.2 Å². The van der Waals surface area contributed by atoms with Crippen molar-refractivity contribution in [2.45, 2.75) is 0 Å². The van der Waals surface area contributed by atoms with Crippen LogP contribution < -0.4 is 15.8 Å². The molecule has 0 heterocycles. The van der Waals surface area contributed by atoms with Gasteiger partial charge in [-0.2, -0.15) is 0 Å². The minimum atomic E-state index is 0.386. The maximum absolute atomic E-state index is 5.71. The summed E-state index contributed by atoms with van der Waals surface area (Å²) in [7, 11) is 1.59. The molecule has 70 valence electrons. The molecule has 0 aliphatic rings. The van der Waals surface area contributed by atoms with E-state index in [2.05, 4.69) is 17.9 Å². The Morgan fingerprint density at radius 1 is 1.62 bits per heavy atom. The number of anilines is 2. The Morgan fingerprint density at radius 3 is 2.77 bits per heavy atom. The van der Waals surface area contributed by atoms with Crippen LogP contribution in [0.4, 0.5) is 11.4 Å². The highest BCUT2D eigenvalue weighted by molar-refractivity contribution is 8.11. The summed E-state index contributed by atoms with van der Waals surface area (Å²) in [5.74, 6) is 0.716. The van der Waals surface area contributed by atoms with Gasteiger partial charge in [0.2, 0.25) is 0 Å². The van der Waals surface area contributed by atoms with E-state index in [0.29, 0.717) is 15.8 Å². The summed E-state index contributed by atoms with van der Waals surface area (Å²) in [5, 5.41) is 2.84. The standard InChI is InChI=1S/C8H10N2OS2/c1-11-5-2-3-7(6(9)4-5)10-8(12)13/h2-4H,9H2,1H3,(H2,10,12,13). The van der Waals surface area contributed by atoms with E-state index in [9.17, 15) is 0 Å². The highest BCUT2D eigenvalue weighted by Gasteiger charge is 2.00. The van der Waals surface area contributed by atoms with Crippen LogP contribution in [0.5, 0.6) is 5.75 Å². The first kappa shape index (κ1) is 10.1. The molecule has 0 unspecified atom stereocenters. The highest BCUT2D eigenvalue weighted by Crippen LogP contribution is 2.24. The van der Waals surface area contributed by atoms with Crippen molar-refractivity contribution in [1.29, 1.82) is 0 Å². The van der Waals surface area contributed by atoms with Gasteiger partial charge in [-0.15, -0.1) is 12.6 Å². The van der Waals surface area contributed by atoms with Crippen LogP contribution in [-0.2, 0) is 0 Å². The first-order valence-corrected chi connectivity index (χ1v) is 4.42. The van der Waals surface area contributed by atoms with Gasteiger partial charge in [-0.05, 0) is 12.1 Å². The fraction of sp³-hybridized carbons (Fsp3) is 0.125. The molecule has 0 radical (unpaired) electrons. The Balaban J connectivity index is 2.91. The second-order valence-corrected chi connectivity index (χ2v) is 3.54. The van der Waals surface area contributed by atoms with Crippen LogP contribution in [0, 0.1) is 0 Å². The number of nitrogens with two attached hydrogens (primary N) is 1. The number of hydrogen-bond donors (Lipinski definition) is 3. The first-order valence-electron chi connectivity index (χ1n) is 3.57. The summed E-state index contributed by atoms with van der Waals surface area (Å²) in [4.78, 5) is 0. The zero-order valence-electron chi connectivity index (χ0n) is 7.07. The second-order valence-electron chi connectivity index (χ2n) is 2.38. The lowest BCUT2D eigenvalue weighted by Crippen LogP contribution is -2.03. The van der Waals surface area contributed by atoms with E-state index in [1.54, 1.807) is 25.3 Å². The molecule has 0 saturated heterocycles. The molecule has 1 aromatic rings. The molecule has 5 heteroatoms. The van der Waals surface area contributed by atoms with Crippen molar-refractivity contribution in [3.8, 4) is 5.75 Å². The third-order valence-electron chi connectivity index (χ3n) is 1.50. The third-order valence-corrected chi connectivity index (χ3v) is 1.71. The minimum absolute atomic E-state index is 0.386. The van der Waals surface area contributed by atoms with E-state index < -0.39 is 0 Å². The Kier molecular flexibility index (Phi) is 3.39. The molecule has 0 saturated carbocycles. The molecule has 13 heavy (non-hydrogen) atoms. The number of rotatable bonds is 2. The van der Waals surface area contributed by atoms with Crippen molar-refractivity contribution in [2.75, 3.05) is 18.2 Å². The Bertz CT molecular complexity index is 328. The number of nitrogens with one attached hydrogen (secondary N) is 1. The van der Waals surface area contributed by atoms with Crippen molar-refractivity contribution in [3.05, 3.63) is 18.2 Å². The summed E-state index contributed by atoms with van der Waals surface area (Å²) < 4.78 is 5.38. The zero-order chi connectivity index (χ0) is 9.84. The maximum Gasteiger partial charge on any atom is 0.135 e. The van der Waals surface area contributed by atoms with Crippen molar-refractivity contribution in [2.24, 2.45) is 0 Å².